The molecule has 1 aliphatic rings. The van der Waals surface area contributed by atoms with Crippen LogP contribution in [-0.4, -0.2) is 17.1 Å². The SMILES string of the molecule is CC1C=CCC(N)C1C(=O)O. The first-order valence-electron chi connectivity index (χ1n) is 3.78. The van der Waals surface area contributed by atoms with Crippen LogP contribution in [0.5, 0.6) is 0 Å². The molecule has 0 aromatic heterocycles. The summed E-state index contributed by atoms with van der Waals surface area (Å²) in [4.78, 5) is 10.7. The Labute approximate surface area is 65.9 Å². The van der Waals surface area contributed by atoms with E-state index in [-0.39, 0.29) is 12.0 Å². The van der Waals surface area contributed by atoms with E-state index in [1.807, 2.05) is 19.1 Å². The number of hydrogen-bond donors (Lipinski definition) is 2. The Morgan fingerprint density at radius 1 is 1.73 bits per heavy atom. The highest BCUT2D eigenvalue weighted by atomic mass is 16.4. The number of carbonyl (C=O) groups is 1. The first-order chi connectivity index (χ1) is 5.13. The first-order valence-corrected chi connectivity index (χ1v) is 3.78. The van der Waals surface area contributed by atoms with Crippen LogP contribution in [0.15, 0.2) is 12.2 Å². The van der Waals surface area contributed by atoms with Gasteiger partial charge in [0.2, 0.25) is 0 Å². The molecule has 3 unspecified atom stereocenters. The van der Waals surface area contributed by atoms with Gasteiger partial charge in [-0.3, -0.25) is 4.79 Å². The van der Waals surface area contributed by atoms with E-state index in [2.05, 4.69) is 0 Å². The summed E-state index contributed by atoms with van der Waals surface area (Å²) in [6.07, 6.45) is 4.55. The van der Waals surface area contributed by atoms with Crippen LogP contribution >= 0.6 is 0 Å². The van der Waals surface area contributed by atoms with Gasteiger partial charge in [-0.1, -0.05) is 19.1 Å². The molecule has 0 saturated carbocycles. The van der Waals surface area contributed by atoms with Crippen LogP contribution in [0.3, 0.4) is 0 Å². The Hall–Kier alpha value is -0.830. The molecule has 62 valence electrons. The summed E-state index contributed by atoms with van der Waals surface area (Å²) < 4.78 is 0. The lowest BCUT2D eigenvalue weighted by Gasteiger charge is -2.26. The zero-order chi connectivity index (χ0) is 8.43. The molecule has 0 heterocycles. The molecular formula is C8H13NO2. The van der Waals surface area contributed by atoms with Gasteiger partial charge in [-0.15, -0.1) is 0 Å². The van der Waals surface area contributed by atoms with Crippen LogP contribution in [-0.2, 0) is 4.79 Å². The Balaban J connectivity index is 2.74. The molecule has 0 radical (unpaired) electrons. The van der Waals surface area contributed by atoms with Crippen LogP contribution in [0.4, 0.5) is 0 Å². The van der Waals surface area contributed by atoms with Crippen LogP contribution in [0.2, 0.25) is 0 Å². The van der Waals surface area contributed by atoms with Gasteiger partial charge in [-0.05, 0) is 12.3 Å². The molecule has 3 N–H and O–H groups in total. The molecule has 3 nitrogen and oxygen atoms in total. The molecule has 0 aliphatic heterocycles. The Morgan fingerprint density at radius 2 is 2.36 bits per heavy atom. The van der Waals surface area contributed by atoms with Gasteiger partial charge in [0.15, 0.2) is 0 Å². The Morgan fingerprint density at radius 3 is 2.73 bits per heavy atom. The molecule has 1 rings (SSSR count). The van der Waals surface area contributed by atoms with E-state index < -0.39 is 11.9 Å². The second-order valence-electron chi connectivity index (χ2n) is 3.05. The van der Waals surface area contributed by atoms with Crippen molar-refractivity contribution in [1.29, 1.82) is 0 Å². The summed E-state index contributed by atoms with van der Waals surface area (Å²) in [7, 11) is 0. The van der Waals surface area contributed by atoms with E-state index in [4.69, 9.17) is 10.8 Å². The number of aliphatic carboxylic acids is 1. The van der Waals surface area contributed by atoms with E-state index >= 15 is 0 Å². The predicted molar refractivity (Wildman–Crippen MR) is 42.0 cm³/mol. The fourth-order valence-corrected chi connectivity index (χ4v) is 1.51. The van der Waals surface area contributed by atoms with Gasteiger partial charge >= 0.3 is 5.97 Å². The van der Waals surface area contributed by atoms with Crippen molar-refractivity contribution >= 4 is 5.97 Å². The van der Waals surface area contributed by atoms with E-state index in [1.165, 1.54) is 0 Å². The third-order valence-corrected chi connectivity index (χ3v) is 2.16. The molecule has 0 bridgehead atoms. The smallest absolute Gasteiger partial charge is 0.308 e. The molecule has 11 heavy (non-hydrogen) atoms. The lowest BCUT2D eigenvalue weighted by molar-refractivity contribution is -0.143. The normalized spacial score (nSPS) is 37.1. The molecule has 0 spiro atoms. The molecular weight excluding hydrogens is 142 g/mol. The van der Waals surface area contributed by atoms with Crippen LogP contribution in [0.25, 0.3) is 0 Å². The van der Waals surface area contributed by atoms with Gasteiger partial charge in [-0.25, -0.2) is 0 Å². The van der Waals surface area contributed by atoms with Gasteiger partial charge in [0.05, 0.1) is 5.92 Å². The molecule has 1 aliphatic carbocycles. The summed E-state index contributed by atoms with van der Waals surface area (Å²) in [5.74, 6) is -1.12. The monoisotopic (exact) mass is 155 g/mol. The summed E-state index contributed by atoms with van der Waals surface area (Å²) in [5, 5.41) is 8.77. The zero-order valence-corrected chi connectivity index (χ0v) is 6.53. The van der Waals surface area contributed by atoms with Crippen molar-refractivity contribution in [2.24, 2.45) is 17.6 Å². The lowest BCUT2D eigenvalue weighted by Crippen LogP contribution is -2.40. The van der Waals surface area contributed by atoms with Gasteiger partial charge in [0.1, 0.15) is 0 Å². The lowest BCUT2D eigenvalue weighted by atomic mass is 9.82. The number of carboxylic acids is 1. The van der Waals surface area contributed by atoms with Crippen molar-refractivity contribution in [2.45, 2.75) is 19.4 Å². The fraction of sp³-hybridized carbons (Fsp3) is 0.625. The number of allylic oxidation sites excluding steroid dienone is 1. The first kappa shape index (κ1) is 8.27. The third kappa shape index (κ3) is 1.60. The van der Waals surface area contributed by atoms with E-state index in [0.29, 0.717) is 6.42 Å². The van der Waals surface area contributed by atoms with Gasteiger partial charge in [0.25, 0.3) is 0 Å². The zero-order valence-electron chi connectivity index (χ0n) is 6.53. The highest BCUT2D eigenvalue weighted by molar-refractivity contribution is 5.71. The largest absolute Gasteiger partial charge is 0.481 e. The predicted octanol–water partition coefficient (Wildman–Crippen LogP) is 0.611. The minimum Gasteiger partial charge on any atom is -0.481 e. The van der Waals surface area contributed by atoms with Crippen molar-refractivity contribution in [2.75, 3.05) is 0 Å². The molecule has 0 saturated heterocycles. The highest BCUT2D eigenvalue weighted by Crippen LogP contribution is 2.23. The number of nitrogens with two attached hydrogens (primary N) is 1. The van der Waals surface area contributed by atoms with Gasteiger partial charge < -0.3 is 10.8 Å². The Bertz CT molecular complexity index is 189. The molecule has 0 aromatic rings. The number of rotatable bonds is 1. The van der Waals surface area contributed by atoms with Crippen molar-refractivity contribution < 1.29 is 9.90 Å². The second kappa shape index (κ2) is 3.05. The van der Waals surface area contributed by atoms with Gasteiger partial charge in [-0.2, -0.15) is 0 Å². The summed E-state index contributed by atoms with van der Waals surface area (Å²) in [5.41, 5.74) is 5.64. The van der Waals surface area contributed by atoms with E-state index in [0.717, 1.165) is 0 Å². The van der Waals surface area contributed by atoms with Crippen LogP contribution < -0.4 is 5.73 Å². The molecule has 0 amide bonds. The molecule has 3 atom stereocenters. The van der Waals surface area contributed by atoms with Gasteiger partial charge in [0, 0.05) is 6.04 Å². The number of hydrogen-bond acceptors (Lipinski definition) is 2. The maximum absolute atomic E-state index is 10.7. The third-order valence-electron chi connectivity index (χ3n) is 2.16. The van der Waals surface area contributed by atoms with Crippen molar-refractivity contribution in [1.82, 2.24) is 0 Å². The second-order valence-corrected chi connectivity index (χ2v) is 3.05. The maximum atomic E-state index is 10.7. The van der Waals surface area contributed by atoms with Crippen molar-refractivity contribution in [3.63, 3.8) is 0 Å². The summed E-state index contributed by atoms with van der Waals surface area (Å²) >= 11 is 0. The molecule has 0 aromatic carbocycles. The van der Waals surface area contributed by atoms with Crippen molar-refractivity contribution in [3.8, 4) is 0 Å². The topological polar surface area (TPSA) is 63.3 Å². The van der Waals surface area contributed by atoms with Crippen LogP contribution in [0, 0.1) is 11.8 Å². The highest BCUT2D eigenvalue weighted by Gasteiger charge is 2.30. The minimum atomic E-state index is -0.783. The maximum Gasteiger partial charge on any atom is 0.308 e. The van der Waals surface area contributed by atoms with E-state index in [1.54, 1.807) is 0 Å². The van der Waals surface area contributed by atoms with Crippen molar-refractivity contribution in [3.05, 3.63) is 12.2 Å². The number of carboxylic acid groups (broad SMARTS) is 1. The summed E-state index contributed by atoms with van der Waals surface area (Å²) in [6, 6.07) is -0.215. The Kier molecular flexibility index (Phi) is 2.29. The minimum absolute atomic E-state index is 0.0660. The average Bonchev–Trinajstić information content (AvgIpc) is 1.85. The average molecular weight is 155 g/mol. The quantitative estimate of drug-likeness (QED) is 0.545. The van der Waals surface area contributed by atoms with E-state index in [9.17, 15) is 4.79 Å². The molecule has 0 fully saturated rings. The summed E-state index contributed by atoms with van der Waals surface area (Å²) in [6.45, 7) is 1.88. The molecule has 3 heteroatoms. The van der Waals surface area contributed by atoms with Crippen LogP contribution in [0.1, 0.15) is 13.3 Å². The fourth-order valence-electron chi connectivity index (χ4n) is 1.51. The standard InChI is InChI=1S/C8H13NO2/c1-5-3-2-4-6(9)7(5)8(10)11/h2-3,5-7H,4,9H2,1H3,(H,10,11).